The minimum Gasteiger partial charge on any atom is -0.460 e. The second-order valence-electron chi connectivity index (χ2n) is 15.4. The van der Waals surface area contributed by atoms with E-state index >= 15 is 0 Å². The van der Waals surface area contributed by atoms with E-state index in [0.717, 1.165) is 0 Å². The summed E-state index contributed by atoms with van der Waals surface area (Å²) in [5.74, 6) is -4.20. The summed E-state index contributed by atoms with van der Waals surface area (Å²) in [5.41, 5.74) is 0. The van der Waals surface area contributed by atoms with Gasteiger partial charge < -0.3 is 24.6 Å². The van der Waals surface area contributed by atoms with E-state index in [1.807, 2.05) is 55.4 Å². The van der Waals surface area contributed by atoms with Crippen LogP contribution in [-0.2, 0) is 38.2 Å². The molecule has 3 amide bonds. The number of nitrogens with one attached hydrogen (secondary N) is 1. The number of ether oxygens (including phenoxy) is 2. The predicted octanol–water partition coefficient (Wildman–Crippen LogP) is 5.18. The molecule has 288 valence electrons. The fourth-order valence-corrected chi connectivity index (χ4v) is 7.34. The second kappa shape index (κ2) is 20.0. The first-order valence-electron chi connectivity index (χ1n) is 19.2. The summed E-state index contributed by atoms with van der Waals surface area (Å²) >= 11 is 0. The molecule has 1 N–H and O–H groups in total. The van der Waals surface area contributed by atoms with Gasteiger partial charge in [0.05, 0.1) is 17.9 Å². The zero-order valence-electron chi connectivity index (χ0n) is 33.0. The van der Waals surface area contributed by atoms with Gasteiger partial charge in [-0.05, 0) is 49.9 Å². The van der Waals surface area contributed by atoms with Crippen LogP contribution in [0.4, 0.5) is 0 Å². The van der Waals surface area contributed by atoms with Crippen molar-refractivity contribution in [3.63, 3.8) is 0 Å². The van der Waals surface area contributed by atoms with Crippen LogP contribution >= 0.6 is 0 Å². The van der Waals surface area contributed by atoms with Crippen LogP contribution in [0.2, 0.25) is 0 Å². The smallest absolute Gasteiger partial charge is 0.329 e. The molecule has 2 aliphatic heterocycles. The number of Topliss-reactive ketones (excluding diaryl/α,β-unsaturated/α-hetero) is 1. The number of hydrogen-bond donors (Lipinski definition) is 1. The summed E-state index contributed by atoms with van der Waals surface area (Å²) in [6.45, 7) is 18.6. The third kappa shape index (κ3) is 10.6. The lowest BCUT2D eigenvalue weighted by Gasteiger charge is -2.37. The summed E-state index contributed by atoms with van der Waals surface area (Å²) in [7, 11) is 1.55. The molecule has 0 aliphatic carbocycles. The maximum atomic E-state index is 14.3. The Kier molecular flexibility index (Phi) is 17.1. The Hall–Kier alpha value is -3.42. The molecule has 0 aromatic carbocycles. The number of esters is 2. The molecule has 0 saturated carbocycles. The largest absolute Gasteiger partial charge is 0.460 e. The van der Waals surface area contributed by atoms with Gasteiger partial charge >= 0.3 is 11.9 Å². The molecule has 11 heteroatoms. The first-order valence-corrected chi connectivity index (χ1v) is 19.2. The molecule has 3 unspecified atom stereocenters. The summed E-state index contributed by atoms with van der Waals surface area (Å²) in [6.07, 6.45) is 7.30. The SMILES string of the molecule is C#CCCC[C@H]1OC(=O)[C@H](C(C)CC)N(C)C(=O)[C@@H]2CCCN2C(=O)[C@H]([C@@H](C)CC)OC(=O)[C@@H](C(C)CC)C(C)C(=O)[C@H](C(C)C)NC(=O)[C@H]1C. The Morgan fingerprint density at radius 2 is 1.45 bits per heavy atom. The Bertz CT molecular complexity index is 1280. The van der Waals surface area contributed by atoms with Gasteiger partial charge in [-0.3, -0.25) is 24.0 Å². The van der Waals surface area contributed by atoms with Crippen LogP contribution in [0.1, 0.15) is 121 Å². The molecule has 2 aliphatic rings. The number of carbonyl (C=O) groups is 6. The molecule has 11 nitrogen and oxygen atoms in total. The van der Waals surface area contributed by atoms with Gasteiger partial charge in [0.2, 0.25) is 11.8 Å². The summed E-state index contributed by atoms with van der Waals surface area (Å²) in [4.78, 5) is 87.9. The minimum absolute atomic E-state index is 0.270. The Morgan fingerprint density at radius 3 is 2.00 bits per heavy atom. The number of ketones is 1. The highest BCUT2D eigenvalue weighted by atomic mass is 16.6. The van der Waals surface area contributed by atoms with Crippen LogP contribution < -0.4 is 5.32 Å². The number of amides is 3. The molecule has 51 heavy (non-hydrogen) atoms. The van der Waals surface area contributed by atoms with Crippen LogP contribution in [0.5, 0.6) is 0 Å². The van der Waals surface area contributed by atoms with Gasteiger partial charge in [-0.15, -0.1) is 12.3 Å². The van der Waals surface area contributed by atoms with Crippen molar-refractivity contribution < 1.29 is 38.2 Å². The van der Waals surface area contributed by atoms with E-state index in [2.05, 4.69) is 11.2 Å². The summed E-state index contributed by atoms with van der Waals surface area (Å²) in [6, 6.07) is -2.78. The van der Waals surface area contributed by atoms with E-state index in [-0.39, 0.29) is 29.5 Å². The fourth-order valence-electron chi connectivity index (χ4n) is 7.34. The van der Waals surface area contributed by atoms with Crippen LogP contribution in [0.3, 0.4) is 0 Å². The molecule has 0 bridgehead atoms. The average Bonchev–Trinajstić information content (AvgIpc) is 3.60. The third-order valence-electron chi connectivity index (χ3n) is 11.5. The quantitative estimate of drug-likeness (QED) is 0.186. The van der Waals surface area contributed by atoms with E-state index in [1.54, 1.807) is 20.9 Å². The van der Waals surface area contributed by atoms with Gasteiger partial charge in [0, 0.05) is 31.8 Å². The number of cyclic esters (lactones) is 2. The first kappa shape index (κ1) is 43.7. The summed E-state index contributed by atoms with van der Waals surface area (Å²) in [5, 5.41) is 2.92. The number of terminal acetylenes is 1. The van der Waals surface area contributed by atoms with Crippen LogP contribution in [-0.4, -0.2) is 89.2 Å². The number of nitrogens with zero attached hydrogens (tertiary/aromatic N) is 2. The predicted molar refractivity (Wildman–Crippen MR) is 196 cm³/mol. The average molecular weight is 716 g/mol. The third-order valence-corrected chi connectivity index (χ3v) is 11.5. The fraction of sp³-hybridized carbons (Fsp3) is 0.800. The van der Waals surface area contributed by atoms with Crippen molar-refractivity contribution in [2.75, 3.05) is 13.6 Å². The Balaban J connectivity index is 2.79. The molecule has 11 atom stereocenters. The molecule has 0 aromatic rings. The molecule has 0 radical (unpaired) electrons. The van der Waals surface area contributed by atoms with Gasteiger partial charge in [-0.1, -0.05) is 82.1 Å². The van der Waals surface area contributed by atoms with Crippen molar-refractivity contribution in [2.45, 2.75) is 151 Å². The second-order valence-corrected chi connectivity index (χ2v) is 15.4. The molecular formula is C40H65N3O8. The Morgan fingerprint density at radius 1 is 0.843 bits per heavy atom. The first-order chi connectivity index (χ1) is 24.0. The molecular weight excluding hydrogens is 650 g/mol. The topological polar surface area (TPSA) is 139 Å². The lowest BCUT2D eigenvalue weighted by Crippen LogP contribution is -2.56. The number of unbranched alkanes of at least 4 members (excludes halogenated alkanes) is 1. The van der Waals surface area contributed by atoms with E-state index < -0.39 is 77.7 Å². The number of fused-ring (bicyclic) bond motifs is 1. The lowest BCUT2D eigenvalue weighted by molar-refractivity contribution is -0.172. The van der Waals surface area contributed by atoms with E-state index in [1.165, 1.54) is 9.80 Å². The molecule has 2 fully saturated rings. The molecule has 0 spiro atoms. The Labute approximate surface area is 306 Å². The number of hydrogen-bond acceptors (Lipinski definition) is 8. The minimum atomic E-state index is -1.17. The molecule has 2 heterocycles. The van der Waals surface area contributed by atoms with Crippen molar-refractivity contribution in [3.8, 4) is 12.3 Å². The highest BCUT2D eigenvalue weighted by Gasteiger charge is 2.47. The van der Waals surface area contributed by atoms with Crippen molar-refractivity contribution in [2.24, 2.45) is 41.4 Å². The van der Waals surface area contributed by atoms with Gasteiger partial charge in [-0.25, -0.2) is 4.79 Å². The van der Waals surface area contributed by atoms with Crippen LogP contribution in [0.15, 0.2) is 0 Å². The standard InChI is InChI=1S/C40H65N3O8/c1-13-17-18-21-30-27(10)36(45)41-32(23(5)6)34(44)28(11)31(24(7)14-2)39(48)51-35(26(9)16-4)38(47)43-22-19-20-29(43)37(46)42(12)33(25(8)15-3)40(49)50-30/h1,23-33,35H,14-22H2,2-12H3,(H,41,45)/t24?,25?,26-,27-,28?,29-,30+,31-,32-,33-,35-/m0/s1. The number of likely N-dealkylation sites (N-methyl/N-ethyl adjacent to an activating group) is 1. The molecule has 0 aromatic heterocycles. The van der Waals surface area contributed by atoms with Gasteiger partial charge in [0.15, 0.2) is 11.9 Å². The van der Waals surface area contributed by atoms with Gasteiger partial charge in [-0.2, -0.15) is 0 Å². The zero-order chi connectivity index (χ0) is 38.7. The lowest BCUT2D eigenvalue weighted by atomic mass is 9.76. The van der Waals surface area contributed by atoms with E-state index in [9.17, 15) is 28.8 Å². The normalized spacial score (nSPS) is 31.0. The van der Waals surface area contributed by atoms with Gasteiger partial charge in [0.1, 0.15) is 18.2 Å². The maximum Gasteiger partial charge on any atom is 0.329 e. The van der Waals surface area contributed by atoms with Crippen molar-refractivity contribution >= 4 is 35.4 Å². The van der Waals surface area contributed by atoms with Crippen molar-refractivity contribution in [1.82, 2.24) is 15.1 Å². The number of rotatable bonds is 10. The monoisotopic (exact) mass is 715 g/mol. The number of carbonyl (C=O) groups excluding carboxylic acids is 6. The highest BCUT2D eigenvalue weighted by molar-refractivity contribution is 5.96. The van der Waals surface area contributed by atoms with E-state index in [0.29, 0.717) is 57.9 Å². The van der Waals surface area contributed by atoms with Crippen LogP contribution in [0, 0.1) is 53.8 Å². The van der Waals surface area contributed by atoms with Crippen molar-refractivity contribution in [3.05, 3.63) is 0 Å². The van der Waals surface area contributed by atoms with Crippen LogP contribution in [0.25, 0.3) is 0 Å². The van der Waals surface area contributed by atoms with E-state index in [4.69, 9.17) is 15.9 Å². The zero-order valence-corrected chi connectivity index (χ0v) is 33.0. The molecule has 2 saturated heterocycles. The van der Waals surface area contributed by atoms with Gasteiger partial charge in [0.25, 0.3) is 5.91 Å². The molecule has 2 rings (SSSR count). The van der Waals surface area contributed by atoms with Crippen molar-refractivity contribution in [1.29, 1.82) is 0 Å². The highest BCUT2D eigenvalue weighted by Crippen LogP contribution is 2.32. The summed E-state index contributed by atoms with van der Waals surface area (Å²) < 4.78 is 12.2. The maximum absolute atomic E-state index is 14.3.